The molecule has 78 valence electrons. The van der Waals surface area contributed by atoms with Crippen molar-refractivity contribution in [3.05, 3.63) is 22.8 Å². The van der Waals surface area contributed by atoms with Crippen LogP contribution in [0, 0.1) is 13.8 Å². The highest BCUT2D eigenvalue weighted by atomic mass is 32.2. The van der Waals surface area contributed by atoms with E-state index in [9.17, 15) is 0 Å². The second-order valence-electron chi connectivity index (χ2n) is 3.08. The molecule has 0 saturated carbocycles. The molecule has 0 amide bonds. The van der Waals surface area contributed by atoms with Crippen LogP contribution in [0.3, 0.4) is 0 Å². The molecule has 2 heterocycles. The summed E-state index contributed by atoms with van der Waals surface area (Å²) in [6.45, 7) is 3.92. The molecule has 0 saturated heterocycles. The van der Waals surface area contributed by atoms with Gasteiger partial charge in [0.25, 0.3) is 0 Å². The molecule has 0 aliphatic carbocycles. The van der Waals surface area contributed by atoms with Crippen molar-refractivity contribution >= 4 is 28.8 Å². The Bertz CT molecular complexity index is 481. The van der Waals surface area contributed by atoms with E-state index in [1.807, 2.05) is 19.9 Å². The van der Waals surface area contributed by atoms with Gasteiger partial charge in [-0.3, -0.25) is 0 Å². The average Bonchev–Trinajstić information content (AvgIpc) is 2.56. The number of nitrogens with two attached hydrogens (primary N) is 1. The quantitative estimate of drug-likeness (QED) is 0.869. The Morgan fingerprint density at radius 1 is 1.33 bits per heavy atom. The van der Waals surface area contributed by atoms with Crippen LogP contribution in [0.25, 0.3) is 0 Å². The number of nitrogen functional groups attached to an aromatic ring is 1. The third kappa shape index (κ3) is 2.45. The van der Waals surface area contributed by atoms with Gasteiger partial charge < -0.3 is 5.73 Å². The van der Waals surface area contributed by atoms with Gasteiger partial charge in [-0.25, -0.2) is 4.98 Å². The van der Waals surface area contributed by atoms with E-state index in [0.717, 1.165) is 19.9 Å². The molecule has 4 nitrogen and oxygen atoms in total. The zero-order valence-corrected chi connectivity index (χ0v) is 10.0. The molecule has 0 bridgehead atoms. The van der Waals surface area contributed by atoms with Crippen molar-refractivity contribution in [1.29, 1.82) is 0 Å². The molecule has 0 atom stereocenters. The van der Waals surface area contributed by atoms with Crippen molar-refractivity contribution in [2.24, 2.45) is 0 Å². The molecule has 6 heteroatoms. The predicted octanol–water partition coefficient (Wildman–Crippen LogP) is 2.28. The number of aryl methyl sites for hydroxylation is 2. The molecule has 0 spiro atoms. The number of nitrogens with zero attached hydrogens (tertiary/aromatic N) is 3. The number of rotatable bonds is 2. The van der Waals surface area contributed by atoms with E-state index < -0.39 is 0 Å². The smallest absolute Gasteiger partial charge is 0.180 e. The third-order valence-corrected chi connectivity index (χ3v) is 3.75. The zero-order chi connectivity index (χ0) is 10.8. The maximum Gasteiger partial charge on any atom is 0.180 e. The first-order chi connectivity index (χ1) is 7.15. The number of anilines is 1. The van der Waals surface area contributed by atoms with E-state index in [4.69, 9.17) is 5.73 Å². The van der Waals surface area contributed by atoms with Crippen molar-refractivity contribution in [2.45, 2.75) is 23.2 Å². The minimum atomic E-state index is 0.685. The summed E-state index contributed by atoms with van der Waals surface area (Å²) < 4.78 is 0.910. The lowest BCUT2D eigenvalue weighted by molar-refractivity contribution is 0.978. The molecule has 15 heavy (non-hydrogen) atoms. The first-order valence-electron chi connectivity index (χ1n) is 4.35. The lowest BCUT2D eigenvalue weighted by Gasteiger charge is -2.01. The van der Waals surface area contributed by atoms with Gasteiger partial charge in [0.05, 0.1) is 11.9 Å². The Hall–Kier alpha value is -1.14. The van der Waals surface area contributed by atoms with Crippen LogP contribution in [-0.4, -0.2) is 15.2 Å². The van der Waals surface area contributed by atoms with Gasteiger partial charge in [0.1, 0.15) is 10.0 Å². The Morgan fingerprint density at radius 2 is 2.13 bits per heavy atom. The second-order valence-corrected chi connectivity index (χ2v) is 5.50. The summed E-state index contributed by atoms with van der Waals surface area (Å²) in [7, 11) is 0. The maximum atomic E-state index is 5.63. The van der Waals surface area contributed by atoms with E-state index in [0.29, 0.717) is 5.69 Å². The Kier molecular flexibility index (Phi) is 2.88. The van der Waals surface area contributed by atoms with Crippen molar-refractivity contribution < 1.29 is 0 Å². The van der Waals surface area contributed by atoms with Crippen LogP contribution in [0.1, 0.15) is 10.6 Å². The minimum Gasteiger partial charge on any atom is -0.397 e. The minimum absolute atomic E-state index is 0.685. The molecule has 2 rings (SSSR count). The Morgan fingerprint density at radius 3 is 2.73 bits per heavy atom. The lowest BCUT2D eigenvalue weighted by atomic mass is 10.3. The molecule has 0 aliphatic heterocycles. The molecule has 2 aromatic rings. The highest BCUT2D eigenvalue weighted by Gasteiger charge is 2.07. The van der Waals surface area contributed by atoms with Gasteiger partial charge in [-0.05, 0) is 37.2 Å². The third-order valence-electron chi connectivity index (χ3n) is 1.74. The highest BCUT2D eigenvalue weighted by molar-refractivity contribution is 8.01. The molecule has 2 aromatic heterocycles. The molecule has 0 unspecified atom stereocenters. The second kappa shape index (κ2) is 4.16. The summed E-state index contributed by atoms with van der Waals surface area (Å²) in [5.74, 6) is 0. The van der Waals surface area contributed by atoms with Crippen molar-refractivity contribution in [3.8, 4) is 0 Å². The van der Waals surface area contributed by atoms with Gasteiger partial charge in [-0.15, -0.1) is 10.2 Å². The standard InChI is InChI=1S/C9H10N4S2/c1-5-3-7(10)4-11-8(5)15-9-13-12-6(2)14-9/h3-4H,10H2,1-2H3. The van der Waals surface area contributed by atoms with Crippen molar-refractivity contribution in [3.63, 3.8) is 0 Å². The predicted molar refractivity (Wildman–Crippen MR) is 62.2 cm³/mol. The summed E-state index contributed by atoms with van der Waals surface area (Å²) in [6, 6.07) is 1.91. The van der Waals surface area contributed by atoms with Gasteiger partial charge >= 0.3 is 0 Å². The van der Waals surface area contributed by atoms with Crippen LogP contribution in [-0.2, 0) is 0 Å². The average molecular weight is 238 g/mol. The van der Waals surface area contributed by atoms with E-state index in [-0.39, 0.29) is 0 Å². The first kappa shape index (κ1) is 10.4. The van der Waals surface area contributed by atoms with Crippen LogP contribution < -0.4 is 5.73 Å². The topological polar surface area (TPSA) is 64.7 Å². The van der Waals surface area contributed by atoms with Gasteiger partial charge in [0, 0.05) is 0 Å². The highest BCUT2D eigenvalue weighted by Crippen LogP contribution is 2.30. The summed E-state index contributed by atoms with van der Waals surface area (Å²) in [4.78, 5) is 4.26. The van der Waals surface area contributed by atoms with Crippen LogP contribution >= 0.6 is 23.1 Å². The molecule has 2 N–H and O–H groups in total. The van der Waals surface area contributed by atoms with Crippen LogP contribution in [0.15, 0.2) is 21.6 Å². The van der Waals surface area contributed by atoms with Crippen molar-refractivity contribution in [1.82, 2.24) is 15.2 Å². The van der Waals surface area contributed by atoms with E-state index in [1.165, 1.54) is 11.8 Å². The Balaban J connectivity index is 2.24. The fraction of sp³-hybridized carbons (Fsp3) is 0.222. The van der Waals surface area contributed by atoms with Gasteiger partial charge in [-0.1, -0.05) is 11.3 Å². The van der Waals surface area contributed by atoms with Crippen molar-refractivity contribution in [2.75, 3.05) is 5.73 Å². The molecule has 0 aromatic carbocycles. The monoisotopic (exact) mass is 238 g/mol. The molecular formula is C9H10N4S2. The van der Waals surface area contributed by atoms with Gasteiger partial charge in [-0.2, -0.15) is 0 Å². The maximum absolute atomic E-state index is 5.63. The fourth-order valence-electron chi connectivity index (χ4n) is 1.09. The first-order valence-corrected chi connectivity index (χ1v) is 5.98. The summed E-state index contributed by atoms with van der Waals surface area (Å²) >= 11 is 3.09. The molecular weight excluding hydrogens is 228 g/mol. The van der Waals surface area contributed by atoms with E-state index in [1.54, 1.807) is 17.5 Å². The summed E-state index contributed by atoms with van der Waals surface area (Å²) in [5.41, 5.74) is 7.38. The SMILES string of the molecule is Cc1nnc(Sc2ncc(N)cc2C)s1. The summed E-state index contributed by atoms with van der Waals surface area (Å²) in [5, 5.41) is 9.88. The Labute approximate surface area is 95.9 Å². The lowest BCUT2D eigenvalue weighted by Crippen LogP contribution is -1.90. The van der Waals surface area contributed by atoms with Gasteiger partial charge in [0.15, 0.2) is 4.34 Å². The largest absolute Gasteiger partial charge is 0.397 e. The van der Waals surface area contributed by atoms with Crippen LogP contribution in [0.5, 0.6) is 0 Å². The van der Waals surface area contributed by atoms with Crippen LogP contribution in [0.4, 0.5) is 5.69 Å². The van der Waals surface area contributed by atoms with Gasteiger partial charge in [0.2, 0.25) is 0 Å². The summed E-state index contributed by atoms with van der Waals surface area (Å²) in [6.07, 6.45) is 1.66. The normalized spacial score (nSPS) is 10.5. The van der Waals surface area contributed by atoms with E-state index in [2.05, 4.69) is 15.2 Å². The fourth-order valence-corrected chi connectivity index (χ4v) is 2.85. The number of aromatic nitrogens is 3. The zero-order valence-electron chi connectivity index (χ0n) is 8.39. The molecule has 0 aliphatic rings. The number of hydrogen-bond donors (Lipinski definition) is 1. The van der Waals surface area contributed by atoms with E-state index >= 15 is 0 Å². The number of pyridine rings is 1. The van der Waals surface area contributed by atoms with Crippen LogP contribution in [0.2, 0.25) is 0 Å². The molecule has 0 radical (unpaired) electrons. The molecule has 0 fully saturated rings. The number of hydrogen-bond acceptors (Lipinski definition) is 6.